The zero-order valence-electron chi connectivity index (χ0n) is 16.8. The zero-order valence-corrected chi connectivity index (χ0v) is 19.2. The number of rotatable bonds is 6. The molecule has 1 amide bonds. The quantitative estimate of drug-likeness (QED) is 0.312. The highest BCUT2D eigenvalue weighted by atomic mass is 35.5. The number of nitrogens with one attached hydrogen (secondary N) is 2. The van der Waals surface area contributed by atoms with Gasteiger partial charge in [0, 0.05) is 12.6 Å². The highest BCUT2D eigenvalue weighted by Gasteiger charge is 2.19. The van der Waals surface area contributed by atoms with E-state index in [1.807, 2.05) is 6.07 Å². The number of sulfonamides is 1. The summed E-state index contributed by atoms with van der Waals surface area (Å²) in [4.78, 5) is 24.7. The largest absolute Gasteiger partial charge is 0.301 e. The fourth-order valence-electron chi connectivity index (χ4n) is 2.77. The van der Waals surface area contributed by atoms with Gasteiger partial charge in [0.1, 0.15) is 21.0 Å². The van der Waals surface area contributed by atoms with Gasteiger partial charge in [0.15, 0.2) is 0 Å². The molecule has 0 unspecified atom stereocenters. The van der Waals surface area contributed by atoms with Crippen LogP contribution in [0.5, 0.6) is 0 Å². The van der Waals surface area contributed by atoms with Gasteiger partial charge in [0.05, 0.1) is 17.5 Å². The second kappa shape index (κ2) is 9.35. The number of hydrogen-bond donors (Lipinski definition) is 2. The number of thiophene rings is 1. The lowest BCUT2D eigenvalue weighted by molar-refractivity contribution is 0.0956. The zero-order chi connectivity index (χ0) is 23.5. The first-order valence-corrected chi connectivity index (χ1v) is 11.7. The first kappa shape index (κ1) is 23.2. The predicted octanol–water partition coefficient (Wildman–Crippen LogP) is 2.85. The van der Waals surface area contributed by atoms with Gasteiger partial charge >= 0.3 is 0 Å². The smallest absolute Gasteiger partial charge is 0.273 e. The molecule has 0 atom stereocenters. The molecule has 0 saturated heterocycles. The Bertz CT molecular complexity index is 1420. The van der Waals surface area contributed by atoms with E-state index in [4.69, 9.17) is 11.6 Å². The molecule has 9 nitrogen and oxygen atoms in total. The number of aromatic nitrogens is 1. The Labute approximate surface area is 192 Å². The normalized spacial score (nSPS) is 11.3. The molecule has 0 saturated carbocycles. The fraction of sp³-hybridized carbons (Fsp3) is 0.100. The van der Waals surface area contributed by atoms with Crippen molar-refractivity contribution in [2.24, 2.45) is 12.1 Å². The average Bonchev–Trinajstić information content (AvgIpc) is 3.31. The van der Waals surface area contributed by atoms with Gasteiger partial charge in [0.2, 0.25) is 0 Å². The van der Waals surface area contributed by atoms with Crippen LogP contribution < -0.4 is 15.7 Å². The third-order valence-electron chi connectivity index (χ3n) is 4.46. The maximum absolute atomic E-state index is 12.6. The van der Waals surface area contributed by atoms with Gasteiger partial charge in [-0.05, 0) is 36.1 Å². The van der Waals surface area contributed by atoms with Gasteiger partial charge in [-0.2, -0.15) is 10.4 Å². The van der Waals surface area contributed by atoms with Crippen molar-refractivity contribution in [2.45, 2.75) is 11.1 Å². The first-order valence-electron chi connectivity index (χ1n) is 8.95. The van der Waals surface area contributed by atoms with Crippen molar-refractivity contribution in [1.29, 1.82) is 5.26 Å². The number of nitrogens with zero attached hydrogens (tertiary/aromatic N) is 3. The molecule has 0 aliphatic carbocycles. The van der Waals surface area contributed by atoms with Crippen LogP contribution in [0.1, 0.15) is 27.0 Å². The van der Waals surface area contributed by atoms with Gasteiger partial charge in [0.25, 0.3) is 21.5 Å². The Balaban J connectivity index is 1.86. The number of carbonyl (C=O) groups excluding carboxylic acids is 1. The summed E-state index contributed by atoms with van der Waals surface area (Å²) < 4.78 is 28.6. The molecule has 2 aromatic heterocycles. The summed E-state index contributed by atoms with van der Waals surface area (Å²) >= 11 is 7.23. The number of amides is 1. The SMILES string of the molecule is Cc1c(C=NNC(=O)c2ccccc2NS(=O)(=O)c2cccs2)c(Cl)n(C)c(=O)c1C#N. The molecular formula is C20H16ClN5O4S2. The summed E-state index contributed by atoms with van der Waals surface area (Å²) in [7, 11) is -2.43. The first-order chi connectivity index (χ1) is 15.2. The molecule has 3 rings (SSSR count). The molecule has 1 aromatic carbocycles. The molecule has 0 radical (unpaired) electrons. The van der Waals surface area contributed by atoms with Crippen molar-refractivity contribution < 1.29 is 13.2 Å². The van der Waals surface area contributed by atoms with E-state index in [2.05, 4.69) is 15.2 Å². The Morgan fingerprint density at radius 2 is 2.00 bits per heavy atom. The molecule has 0 spiro atoms. The highest BCUT2D eigenvalue weighted by molar-refractivity contribution is 7.94. The molecule has 0 aliphatic heterocycles. The van der Waals surface area contributed by atoms with E-state index < -0.39 is 21.5 Å². The Kier molecular flexibility index (Phi) is 6.78. The molecule has 12 heteroatoms. The van der Waals surface area contributed by atoms with Gasteiger partial charge in [-0.25, -0.2) is 13.8 Å². The van der Waals surface area contributed by atoms with E-state index >= 15 is 0 Å². The Hall–Kier alpha value is -3.46. The van der Waals surface area contributed by atoms with Crippen LogP contribution in [0, 0.1) is 18.3 Å². The third-order valence-corrected chi connectivity index (χ3v) is 7.68. The maximum Gasteiger partial charge on any atom is 0.273 e. The van der Waals surface area contributed by atoms with Crippen LogP contribution in [0.3, 0.4) is 0 Å². The lowest BCUT2D eigenvalue weighted by Gasteiger charge is -2.11. The van der Waals surface area contributed by atoms with Gasteiger partial charge in [-0.3, -0.25) is 14.3 Å². The van der Waals surface area contributed by atoms with Crippen LogP contribution >= 0.6 is 22.9 Å². The van der Waals surface area contributed by atoms with Crippen molar-refractivity contribution in [1.82, 2.24) is 9.99 Å². The monoisotopic (exact) mass is 489 g/mol. The van der Waals surface area contributed by atoms with Crippen LogP contribution in [-0.4, -0.2) is 25.1 Å². The number of carbonyl (C=O) groups is 1. The number of nitriles is 1. The predicted molar refractivity (Wildman–Crippen MR) is 123 cm³/mol. The van der Waals surface area contributed by atoms with Crippen molar-refractivity contribution in [3.63, 3.8) is 0 Å². The van der Waals surface area contributed by atoms with E-state index in [9.17, 15) is 23.3 Å². The lowest BCUT2D eigenvalue weighted by atomic mass is 10.1. The summed E-state index contributed by atoms with van der Waals surface area (Å²) in [6.07, 6.45) is 1.22. The molecule has 3 aromatic rings. The van der Waals surface area contributed by atoms with Gasteiger partial charge in [-0.15, -0.1) is 11.3 Å². The Morgan fingerprint density at radius 3 is 2.66 bits per heavy atom. The van der Waals surface area contributed by atoms with E-state index in [0.717, 1.165) is 15.9 Å². The number of pyridine rings is 1. The lowest BCUT2D eigenvalue weighted by Crippen LogP contribution is -2.24. The van der Waals surface area contributed by atoms with E-state index in [-0.39, 0.29) is 31.7 Å². The Morgan fingerprint density at radius 1 is 1.28 bits per heavy atom. The van der Waals surface area contributed by atoms with Crippen molar-refractivity contribution in [3.8, 4) is 6.07 Å². The molecule has 0 fully saturated rings. The third kappa shape index (κ3) is 4.57. The topological polar surface area (TPSA) is 133 Å². The summed E-state index contributed by atoms with van der Waals surface area (Å²) in [5.74, 6) is -0.676. The minimum absolute atomic E-state index is 0.0470. The van der Waals surface area contributed by atoms with Crippen molar-refractivity contribution in [3.05, 3.63) is 79.5 Å². The summed E-state index contributed by atoms with van der Waals surface area (Å²) in [5.41, 5.74) is 2.42. The van der Waals surface area contributed by atoms with Crippen LogP contribution in [0.4, 0.5) is 5.69 Å². The van der Waals surface area contributed by atoms with E-state index in [0.29, 0.717) is 5.56 Å². The van der Waals surface area contributed by atoms with Crippen molar-refractivity contribution in [2.75, 3.05) is 4.72 Å². The van der Waals surface area contributed by atoms with E-state index in [1.165, 1.54) is 31.5 Å². The highest BCUT2D eigenvalue weighted by Crippen LogP contribution is 2.23. The number of halogens is 1. The molecule has 0 aliphatic rings. The van der Waals surface area contributed by atoms with Gasteiger partial charge in [-0.1, -0.05) is 29.8 Å². The average molecular weight is 490 g/mol. The molecule has 2 heterocycles. The summed E-state index contributed by atoms with van der Waals surface area (Å²) in [5, 5.41) is 14.8. The minimum atomic E-state index is -3.85. The van der Waals surface area contributed by atoms with Crippen LogP contribution in [0.25, 0.3) is 0 Å². The van der Waals surface area contributed by atoms with Crippen LogP contribution in [-0.2, 0) is 17.1 Å². The fourth-order valence-corrected chi connectivity index (χ4v) is 5.11. The molecule has 164 valence electrons. The summed E-state index contributed by atoms with van der Waals surface area (Å²) in [6.45, 7) is 1.55. The summed E-state index contributed by atoms with van der Waals surface area (Å²) in [6, 6.07) is 11.0. The number of anilines is 1. The maximum atomic E-state index is 12.6. The molecule has 32 heavy (non-hydrogen) atoms. The van der Waals surface area contributed by atoms with Crippen molar-refractivity contribution >= 4 is 50.8 Å². The number of para-hydroxylation sites is 1. The second-order valence-corrected chi connectivity index (χ2v) is 9.68. The van der Waals surface area contributed by atoms with Gasteiger partial charge < -0.3 is 4.57 Å². The molecular weight excluding hydrogens is 474 g/mol. The van der Waals surface area contributed by atoms with E-state index in [1.54, 1.807) is 30.5 Å². The second-order valence-electron chi connectivity index (χ2n) is 6.46. The minimum Gasteiger partial charge on any atom is -0.301 e. The number of hydrogen-bond acceptors (Lipinski definition) is 7. The molecule has 2 N–H and O–H groups in total. The molecule has 0 bridgehead atoms. The standard InChI is InChI=1S/C20H16ClN5O4S2/c1-12-14(10-22)20(28)26(2)18(21)15(12)11-23-24-19(27)13-6-3-4-7-16(13)25-32(29,30)17-8-5-9-31-17/h3-9,11,25H,1-2H3,(H,24,27). The van der Waals surface area contributed by atoms with Crippen LogP contribution in [0.2, 0.25) is 5.15 Å². The van der Waals surface area contributed by atoms with Crippen LogP contribution in [0.15, 0.2) is 55.9 Å². The number of hydrazone groups is 1. The number of benzene rings is 1.